The topological polar surface area (TPSA) is 90.7 Å². The molecule has 1 unspecified atom stereocenters. The standard InChI is InChI=1S/C19H20N2O5/c22-19(14-8-10-15(11-9-14)21(23)24)20-17-6-1-2-7-18(17)26-13-16-5-3-4-12-25-16/h1-2,6-11,16H,3-5,12-13H2,(H,20,22). The first-order valence-corrected chi connectivity index (χ1v) is 8.53. The van der Waals surface area contributed by atoms with Crippen LogP contribution in [-0.4, -0.2) is 30.1 Å². The summed E-state index contributed by atoms with van der Waals surface area (Å²) in [5, 5.41) is 13.5. The Morgan fingerprint density at radius 1 is 1.19 bits per heavy atom. The molecule has 1 saturated heterocycles. The number of rotatable bonds is 6. The van der Waals surface area contributed by atoms with E-state index < -0.39 is 4.92 Å². The number of nitro benzene ring substituents is 1. The van der Waals surface area contributed by atoms with Gasteiger partial charge in [-0.3, -0.25) is 14.9 Å². The lowest BCUT2D eigenvalue weighted by atomic mass is 10.1. The van der Waals surface area contributed by atoms with Gasteiger partial charge in [-0.05, 0) is 43.5 Å². The normalized spacial score (nSPS) is 16.7. The van der Waals surface area contributed by atoms with Gasteiger partial charge in [-0.1, -0.05) is 12.1 Å². The van der Waals surface area contributed by atoms with E-state index in [9.17, 15) is 14.9 Å². The maximum Gasteiger partial charge on any atom is 0.269 e. The smallest absolute Gasteiger partial charge is 0.269 e. The molecule has 0 saturated carbocycles. The predicted octanol–water partition coefficient (Wildman–Crippen LogP) is 3.80. The zero-order valence-corrected chi connectivity index (χ0v) is 14.2. The lowest BCUT2D eigenvalue weighted by molar-refractivity contribution is -0.384. The van der Waals surface area contributed by atoms with E-state index in [0.717, 1.165) is 25.9 Å². The second-order valence-electron chi connectivity index (χ2n) is 6.05. The summed E-state index contributed by atoms with van der Waals surface area (Å²) in [4.78, 5) is 22.6. The number of non-ortho nitro benzene ring substituents is 1. The number of anilines is 1. The van der Waals surface area contributed by atoms with Gasteiger partial charge in [-0.15, -0.1) is 0 Å². The Labute approximate surface area is 151 Å². The molecule has 1 aliphatic rings. The number of nitrogens with zero attached hydrogens (tertiary/aromatic N) is 1. The minimum Gasteiger partial charge on any atom is -0.489 e. The second-order valence-corrected chi connectivity index (χ2v) is 6.05. The third-order valence-corrected chi connectivity index (χ3v) is 4.17. The van der Waals surface area contributed by atoms with Gasteiger partial charge in [0.25, 0.3) is 11.6 Å². The van der Waals surface area contributed by atoms with Gasteiger partial charge in [-0.25, -0.2) is 0 Å². The van der Waals surface area contributed by atoms with Gasteiger partial charge < -0.3 is 14.8 Å². The Kier molecular flexibility index (Phi) is 5.80. The molecule has 1 aliphatic heterocycles. The maximum atomic E-state index is 12.4. The van der Waals surface area contributed by atoms with E-state index in [0.29, 0.717) is 23.6 Å². The van der Waals surface area contributed by atoms with Crippen molar-refractivity contribution in [3.63, 3.8) is 0 Å². The molecule has 0 radical (unpaired) electrons. The van der Waals surface area contributed by atoms with Crippen molar-refractivity contribution in [3.05, 3.63) is 64.2 Å². The molecule has 136 valence electrons. The average Bonchev–Trinajstić information content (AvgIpc) is 2.68. The molecule has 1 fully saturated rings. The highest BCUT2D eigenvalue weighted by Gasteiger charge is 2.16. The van der Waals surface area contributed by atoms with E-state index in [4.69, 9.17) is 9.47 Å². The molecular weight excluding hydrogens is 336 g/mol. The summed E-state index contributed by atoms with van der Waals surface area (Å²) in [5.41, 5.74) is 0.824. The molecule has 2 aromatic rings. The van der Waals surface area contributed by atoms with Crippen LogP contribution in [0.15, 0.2) is 48.5 Å². The van der Waals surface area contributed by atoms with Gasteiger partial charge >= 0.3 is 0 Å². The summed E-state index contributed by atoms with van der Waals surface area (Å²) >= 11 is 0. The Morgan fingerprint density at radius 2 is 1.96 bits per heavy atom. The molecule has 7 nitrogen and oxygen atoms in total. The number of amides is 1. The molecule has 26 heavy (non-hydrogen) atoms. The molecule has 1 amide bonds. The van der Waals surface area contributed by atoms with Crippen LogP contribution in [-0.2, 0) is 4.74 Å². The van der Waals surface area contributed by atoms with Gasteiger partial charge in [-0.2, -0.15) is 0 Å². The summed E-state index contributed by atoms with van der Waals surface area (Å²) in [6.45, 7) is 1.19. The number of ether oxygens (including phenoxy) is 2. The first-order chi connectivity index (χ1) is 12.6. The number of hydrogen-bond acceptors (Lipinski definition) is 5. The van der Waals surface area contributed by atoms with Crippen molar-refractivity contribution in [1.29, 1.82) is 0 Å². The molecule has 1 N–H and O–H groups in total. The average molecular weight is 356 g/mol. The molecule has 0 aliphatic carbocycles. The fraction of sp³-hybridized carbons (Fsp3) is 0.316. The van der Waals surface area contributed by atoms with Gasteiger partial charge in [0.1, 0.15) is 12.4 Å². The molecule has 0 aromatic heterocycles. The summed E-state index contributed by atoms with van der Waals surface area (Å²) in [6.07, 6.45) is 3.25. The van der Waals surface area contributed by atoms with Gasteiger partial charge in [0.2, 0.25) is 0 Å². The minimum absolute atomic E-state index is 0.0576. The number of nitrogens with one attached hydrogen (secondary N) is 1. The van der Waals surface area contributed by atoms with E-state index in [-0.39, 0.29) is 17.7 Å². The van der Waals surface area contributed by atoms with Crippen LogP contribution in [0.4, 0.5) is 11.4 Å². The van der Waals surface area contributed by atoms with Crippen LogP contribution < -0.4 is 10.1 Å². The number of carbonyl (C=O) groups is 1. The zero-order chi connectivity index (χ0) is 18.4. The van der Waals surface area contributed by atoms with Crippen LogP contribution in [0.5, 0.6) is 5.75 Å². The molecule has 1 atom stereocenters. The van der Waals surface area contributed by atoms with Crippen molar-refractivity contribution >= 4 is 17.3 Å². The van der Waals surface area contributed by atoms with Gasteiger partial charge in [0.15, 0.2) is 0 Å². The van der Waals surface area contributed by atoms with Crippen LogP contribution in [0, 0.1) is 10.1 Å². The van der Waals surface area contributed by atoms with Crippen LogP contribution in [0.1, 0.15) is 29.6 Å². The summed E-state index contributed by atoms with van der Waals surface area (Å²) < 4.78 is 11.5. The highest BCUT2D eigenvalue weighted by Crippen LogP contribution is 2.26. The molecule has 0 bridgehead atoms. The van der Waals surface area contributed by atoms with E-state index in [1.807, 2.05) is 6.07 Å². The number of benzene rings is 2. The monoisotopic (exact) mass is 356 g/mol. The van der Waals surface area contributed by atoms with Crippen LogP contribution in [0.25, 0.3) is 0 Å². The largest absolute Gasteiger partial charge is 0.489 e. The van der Waals surface area contributed by atoms with E-state index >= 15 is 0 Å². The third-order valence-electron chi connectivity index (χ3n) is 4.17. The van der Waals surface area contributed by atoms with Crippen molar-refractivity contribution in [2.45, 2.75) is 25.4 Å². The molecule has 0 spiro atoms. The fourth-order valence-corrected chi connectivity index (χ4v) is 2.75. The van der Waals surface area contributed by atoms with Crippen LogP contribution in [0.3, 0.4) is 0 Å². The molecule has 2 aromatic carbocycles. The summed E-state index contributed by atoms with van der Waals surface area (Å²) in [6, 6.07) is 12.6. The molecular formula is C19H20N2O5. The van der Waals surface area contributed by atoms with E-state index in [1.165, 1.54) is 24.3 Å². The van der Waals surface area contributed by atoms with E-state index in [1.54, 1.807) is 18.2 Å². The van der Waals surface area contributed by atoms with E-state index in [2.05, 4.69) is 5.32 Å². The molecule has 3 rings (SSSR count). The second kappa shape index (κ2) is 8.44. The lowest BCUT2D eigenvalue weighted by Crippen LogP contribution is -2.26. The minimum atomic E-state index is -0.502. The quantitative estimate of drug-likeness (QED) is 0.628. The van der Waals surface area contributed by atoms with Crippen molar-refractivity contribution in [1.82, 2.24) is 0 Å². The Morgan fingerprint density at radius 3 is 2.65 bits per heavy atom. The Bertz CT molecular complexity index is 770. The lowest BCUT2D eigenvalue weighted by Gasteiger charge is -2.23. The van der Waals surface area contributed by atoms with Crippen molar-refractivity contribution < 1.29 is 19.2 Å². The van der Waals surface area contributed by atoms with Crippen molar-refractivity contribution in [2.24, 2.45) is 0 Å². The SMILES string of the molecule is O=C(Nc1ccccc1OCC1CCCCO1)c1ccc([N+](=O)[O-])cc1. The first-order valence-electron chi connectivity index (χ1n) is 8.53. The Balaban J connectivity index is 1.65. The summed E-state index contributed by atoms with van der Waals surface area (Å²) in [5.74, 6) is 0.210. The van der Waals surface area contributed by atoms with Crippen molar-refractivity contribution in [2.75, 3.05) is 18.5 Å². The zero-order valence-electron chi connectivity index (χ0n) is 14.2. The highest BCUT2D eigenvalue weighted by atomic mass is 16.6. The van der Waals surface area contributed by atoms with Gasteiger partial charge in [0, 0.05) is 24.3 Å². The van der Waals surface area contributed by atoms with Crippen LogP contribution >= 0.6 is 0 Å². The number of para-hydroxylation sites is 2. The van der Waals surface area contributed by atoms with Crippen LogP contribution in [0.2, 0.25) is 0 Å². The number of hydrogen-bond donors (Lipinski definition) is 1. The first kappa shape index (κ1) is 17.9. The number of carbonyl (C=O) groups excluding carboxylic acids is 1. The third kappa shape index (κ3) is 4.58. The van der Waals surface area contributed by atoms with Crippen molar-refractivity contribution in [3.8, 4) is 5.75 Å². The molecule has 1 heterocycles. The Hall–Kier alpha value is -2.93. The van der Waals surface area contributed by atoms with Gasteiger partial charge in [0.05, 0.1) is 16.7 Å². The maximum absolute atomic E-state index is 12.4. The number of nitro groups is 1. The fourth-order valence-electron chi connectivity index (χ4n) is 2.75. The molecule has 7 heteroatoms. The predicted molar refractivity (Wildman–Crippen MR) is 96.6 cm³/mol. The summed E-state index contributed by atoms with van der Waals surface area (Å²) in [7, 11) is 0. The highest BCUT2D eigenvalue weighted by molar-refractivity contribution is 6.05.